The van der Waals surface area contributed by atoms with E-state index in [-0.39, 0.29) is 55.9 Å². The standard InChI is InChI=1S/C32H37N3O10/c1-19(2)32(40)43-10-9-42-29(36)13-20-11-25(33-3)16-26(12-20)35-30(37)28-15-22(7-8-27(28)31(38)39)21-5-6-23(18-45-41)24(14-21)17-44-34-4/h5-8,11-12,14-16,19,33-34,41H,9-10,13,17-18H2,1-4H3,(H,35,37)(H,38,39). The molecule has 0 bridgehead atoms. The first kappa shape index (κ1) is 34.7. The molecule has 0 aromatic heterocycles. The maximum Gasteiger partial charge on any atom is 0.336 e. The van der Waals surface area contributed by atoms with E-state index in [9.17, 15) is 24.3 Å². The van der Waals surface area contributed by atoms with Crippen molar-refractivity contribution in [3.8, 4) is 11.1 Å². The molecule has 240 valence electrons. The second kappa shape index (κ2) is 16.9. The lowest BCUT2D eigenvalue weighted by Gasteiger charge is -2.14. The molecule has 3 rings (SSSR count). The highest BCUT2D eigenvalue weighted by Gasteiger charge is 2.19. The number of carbonyl (C=O) groups is 4. The van der Waals surface area contributed by atoms with Crippen LogP contribution in [0.5, 0.6) is 0 Å². The van der Waals surface area contributed by atoms with Gasteiger partial charge in [-0.15, -0.1) is 0 Å². The fourth-order valence-corrected chi connectivity index (χ4v) is 4.29. The Kier molecular flexibility index (Phi) is 13.0. The molecule has 0 radical (unpaired) electrons. The van der Waals surface area contributed by atoms with Gasteiger partial charge in [0.2, 0.25) is 0 Å². The van der Waals surface area contributed by atoms with Gasteiger partial charge in [0.25, 0.3) is 5.91 Å². The molecule has 1 amide bonds. The molecule has 0 unspecified atom stereocenters. The predicted molar refractivity (Wildman–Crippen MR) is 165 cm³/mol. The van der Waals surface area contributed by atoms with Crippen molar-refractivity contribution in [2.24, 2.45) is 5.92 Å². The van der Waals surface area contributed by atoms with Crippen LogP contribution in [0.15, 0.2) is 54.6 Å². The molecule has 0 fully saturated rings. The minimum absolute atomic E-state index is 0.0577. The smallest absolute Gasteiger partial charge is 0.336 e. The highest BCUT2D eigenvalue weighted by atomic mass is 17.1. The van der Waals surface area contributed by atoms with E-state index in [2.05, 4.69) is 21.0 Å². The number of ether oxygens (including phenoxy) is 2. The molecule has 0 aliphatic rings. The number of carbonyl (C=O) groups excluding carboxylic acids is 3. The van der Waals surface area contributed by atoms with Gasteiger partial charge in [0, 0.05) is 25.5 Å². The summed E-state index contributed by atoms with van der Waals surface area (Å²) in [6.07, 6.45) is -0.122. The Bertz CT molecular complexity index is 1520. The van der Waals surface area contributed by atoms with Gasteiger partial charge in [0.1, 0.15) is 19.8 Å². The number of benzene rings is 3. The maximum absolute atomic E-state index is 13.5. The lowest BCUT2D eigenvalue weighted by molar-refractivity contribution is -0.253. The van der Waals surface area contributed by atoms with Crippen LogP contribution in [-0.4, -0.2) is 61.5 Å². The lowest BCUT2D eigenvalue weighted by Crippen LogP contribution is -2.18. The number of rotatable bonds is 16. The molecule has 0 atom stereocenters. The number of esters is 2. The molecule has 0 heterocycles. The van der Waals surface area contributed by atoms with Gasteiger partial charge in [0.05, 0.1) is 30.1 Å². The Labute approximate surface area is 260 Å². The van der Waals surface area contributed by atoms with E-state index in [0.29, 0.717) is 39.2 Å². The van der Waals surface area contributed by atoms with Crippen molar-refractivity contribution in [2.75, 3.05) is 37.9 Å². The number of aromatic carboxylic acids is 1. The van der Waals surface area contributed by atoms with E-state index in [0.717, 1.165) is 0 Å². The van der Waals surface area contributed by atoms with Crippen molar-refractivity contribution in [3.05, 3.63) is 82.4 Å². The molecule has 45 heavy (non-hydrogen) atoms. The molecule has 13 nitrogen and oxygen atoms in total. The largest absolute Gasteiger partial charge is 0.478 e. The zero-order chi connectivity index (χ0) is 32.9. The van der Waals surface area contributed by atoms with Crippen LogP contribution in [0.2, 0.25) is 0 Å². The number of carboxylic acids is 1. The summed E-state index contributed by atoms with van der Waals surface area (Å²) in [5, 5.41) is 24.5. The van der Waals surface area contributed by atoms with Gasteiger partial charge in [-0.1, -0.05) is 32.0 Å². The van der Waals surface area contributed by atoms with E-state index >= 15 is 0 Å². The minimum Gasteiger partial charge on any atom is -0.478 e. The molecular weight excluding hydrogens is 586 g/mol. The fourth-order valence-electron chi connectivity index (χ4n) is 4.29. The van der Waals surface area contributed by atoms with Gasteiger partial charge in [-0.3, -0.25) is 24.5 Å². The summed E-state index contributed by atoms with van der Waals surface area (Å²) in [5.41, 5.74) is 6.37. The highest BCUT2D eigenvalue weighted by Crippen LogP contribution is 2.27. The van der Waals surface area contributed by atoms with Gasteiger partial charge in [-0.05, 0) is 64.2 Å². The fraction of sp³-hybridized carbons (Fsp3) is 0.312. The summed E-state index contributed by atoms with van der Waals surface area (Å²) >= 11 is 0. The second-order valence-corrected chi connectivity index (χ2v) is 10.2. The number of nitrogens with one attached hydrogen (secondary N) is 3. The van der Waals surface area contributed by atoms with Gasteiger partial charge < -0.3 is 25.2 Å². The van der Waals surface area contributed by atoms with E-state index in [1.807, 2.05) is 0 Å². The number of hydrogen-bond donors (Lipinski definition) is 5. The number of carboxylic acid groups (broad SMARTS) is 1. The first-order valence-corrected chi connectivity index (χ1v) is 14.1. The average molecular weight is 624 g/mol. The lowest BCUT2D eigenvalue weighted by atomic mass is 9.95. The average Bonchev–Trinajstić information content (AvgIpc) is 3.01. The van der Waals surface area contributed by atoms with Crippen LogP contribution in [0.1, 0.15) is 51.3 Å². The number of hydrogen-bond acceptors (Lipinski definition) is 11. The van der Waals surface area contributed by atoms with Crippen molar-refractivity contribution >= 4 is 35.2 Å². The molecule has 3 aromatic rings. The van der Waals surface area contributed by atoms with Crippen LogP contribution in [0.25, 0.3) is 11.1 Å². The highest BCUT2D eigenvalue weighted by molar-refractivity contribution is 6.11. The molecule has 0 spiro atoms. The quantitative estimate of drug-likeness (QED) is 0.0662. The van der Waals surface area contributed by atoms with Crippen LogP contribution in [0.4, 0.5) is 11.4 Å². The second-order valence-electron chi connectivity index (χ2n) is 10.2. The van der Waals surface area contributed by atoms with Crippen LogP contribution in [0, 0.1) is 5.92 Å². The molecule has 0 saturated heterocycles. The normalized spacial score (nSPS) is 10.8. The summed E-state index contributed by atoms with van der Waals surface area (Å²) in [6.45, 7) is 3.35. The third kappa shape index (κ3) is 10.1. The first-order chi connectivity index (χ1) is 21.6. The number of amides is 1. The van der Waals surface area contributed by atoms with Crippen LogP contribution in [0.3, 0.4) is 0 Å². The Morgan fingerprint density at radius 2 is 1.49 bits per heavy atom. The molecular formula is C32H37N3O10. The van der Waals surface area contributed by atoms with E-state index in [1.54, 1.807) is 70.4 Å². The maximum atomic E-state index is 13.5. The van der Waals surface area contributed by atoms with Crippen molar-refractivity contribution in [1.29, 1.82) is 0 Å². The summed E-state index contributed by atoms with van der Waals surface area (Å²) in [7, 11) is 3.28. The van der Waals surface area contributed by atoms with Crippen LogP contribution < -0.4 is 16.1 Å². The SMILES string of the molecule is CNOCc1cc(-c2ccc(C(=O)O)c(C(=O)Nc3cc(CC(=O)OCCOC(=O)C(C)C)cc(NC)c3)c2)ccc1COO. The van der Waals surface area contributed by atoms with Gasteiger partial charge >= 0.3 is 17.9 Å². The summed E-state index contributed by atoms with van der Waals surface area (Å²) < 4.78 is 10.2. The Balaban J connectivity index is 1.83. The Morgan fingerprint density at radius 1 is 0.800 bits per heavy atom. The van der Waals surface area contributed by atoms with Gasteiger partial charge in [0.15, 0.2) is 0 Å². The van der Waals surface area contributed by atoms with Crippen LogP contribution in [-0.2, 0) is 48.4 Å². The molecule has 13 heteroatoms. The van der Waals surface area contributed by atoms with Gasteiger partial charge in [-0.2, -0.15) is 0 Å². The topological polar surface area (TPSA) is 182 Å². The molecule has 0 aliphatic heterocycles. The van der Waals surface area contributed by atoms with E-state index in [1.165, 1.54) is 12.1 Å². The monoisotopic (exact) mass is 623 g/mol. The van der Waals surface area contributed by atoms with Crippen molar-refractivity contribution in [3.63, 3.8) is 0 Å². The summed E-state index contributed by atoms with van der Waals surface area (Å²) in [6, 6.07) is 14.6. The van der Waals surface area contributed by atoms with E-state index in [4.69, 9.17) is 19.6 Å². The zero-order valence-electron chi connectivity index (χ0n) is 25.5. The van der Waals surface area contributed by atoms with E-state index < -0.39 is 17.8 Å². The third-order valence-electron chi connectivity index (χ3n) is 6.58. The summed E-state index contributed by atoms with van der Waals surface area (Å²) in [5.74, 6) is -3.19. The zero-order valence-corrected chi connectivity index (χ0v) is 25.5. The molecule has 0 aliphatic carbocycles. The molecule has 5 N–H and O–H groups in total. The number of anilines is 2. The Morgan fingerprint density at radius 3 is 2.16 bits per heavy atom. The number of hydroxylamine groups is 1. The van der Waals surface area contributed by atoms with Crippen LogP contribution >= 0.6 is 0 Å². The molecule has 0 saturated carbocycles. The minimum atomic E-state index is -1.28. The van der Waals surface area contributed by atoms with Crippen molar-refractivity contribution < 1.29 is 48.7 Å². The predicted octanol–water partition coefficient (Wildman–Crippen LogP) is 4.27. The van der Waals surface area contributed by atoms with Gasteiger partial charge in [-0.25, -0.2) is 15.2 Å². The van der Waals surface area contributed by atoms with Crippen molar-refractivity contribution in [2.45, 2.75) is 33.5 Å². The Hall–Kier alpha value is -4.82. The first-order valence-electron chi connectivity index (χ1n) is 14.1. The van der Waals surface area contributed by atoms with Crippen molar-refractivity contribution in [1.82, 2.24) is 5.48 Å². The third-order valence-corrected chi connectivity index (χ3v) is 6.58. The molecule has 3 aromatic carbocycles. The summed E-state index contributed by atoms with van der Waals surface area (Å²) in [4.78, 5) is 59.1.